The molecule has 1 amide bonds. The predicted molar refractivity (Wildman–Crippen MR) is 96.4 cm³/mol. The van der Waals surface area contributed by atoms with Gasteiger partial charge in [0.05, 0.1) is 18.7 Å². The van der Waals surface area contributed by atoms with Crippen molar-refractivity contribution in [1.82, 2.24) is 15.4 Å². The van der Waals surface area contributed by atoms with Crippen molar-refractivity contribution in [3.63, 3.8) is 0 Å². The number of hydrazine groups is 1. The van der Waals surface area contributed by atoms with Gasteiger partial charge in [0.1, 0.15) is 0 Å². The van der Waals surface area contributed by atoms with Crippen molar-refractivity contribution < 1.29 is 14.3 Å². The van der Waals surface area contributed by atoms with E-state index in [1.54, 1.807) is 6.07 Å². The van der Waals surface area contributed by atoms with Gasteiger partial charge in [-0.2, -0.15) is 0 Å². The molecule has 134 valence electrons. The summed E-state index contributed by atoms with van der Waals surface area (Å²) < 4.78 is 10.8. The van der Waals surface area contributed by atoms with E-state index < -0.39 is 5.91 Å². The number of carbonyl (C=O) groups excluding carboxylic acids is 1. The van der Waals surface area contributed by atoms with Crippen molar-refractivity contribution in [2.24, 2.45) is 0 Å². The van der Waals surface area contributed by atoms with E-state index in [9.17, 15) is 4.79 Å². The van der Waals surface area contributed by atoms with E-state index in [2.05, 4.69) is 20.8 Å². The molecular weight excluding hydrogens is 344 g/mol. The molecule has 0 fully saturated rings. The lowest BCUT2D eigenvalue weighted by Crippen LogP contribution is -2.30. The van der Waals surface area contributed by atoms with Crippen LogP contribution >= 0.6 is 11.6 Å². The van der Waals surface area contributed by atoms with Crippen molar-refractivity contribution >= 4 is 23.5 Å². The van der Waals surface area contributed by atoms with Gasteiger partial charge >= 0.3 is 0 Å². The molecule has 1 aromatic carbocycles. The van der Waals surface area contributed by atoms with E-state index in [1.807, 2.05) is 26.8 Å². The van der Waals surface area contributed by atoms with Crippen LogP contribution in [0.15, 0.2) is 18.2 Å². The summed E-state index contributed by atoms with van der Waals surface area (Å²) in [5.74, 6) is 0.735. The Balaban J connectivity index is 2.14. The van der Waals surface area contributed by atoms with Crippen molar-refractivity contribution in [3.8, 4) is 11.5 Å². The molecule has 0 saturated heterocycles. The van der Waals surface area contributed by atoms with Crippen molar-refractivity contribution in [3.05, 3.63) is 40.2 Å². The lowest BCUT2D eigenvalue weighted by Gasteiger charge is -2.14. The van der Waals surface area contributed by atoms with Crippen LogP contribution < -0.4 is 20.3 Å². The SMILES string of the molecule is CCCOc1c(Cl)cc(C(=O)NNc2nc(C)cc(C)n2)cc1OC. The van der Waals surface area contributed by atoms with Crippen LogP contribution in [-0.4, -0.2) is 29.6 Å². The zero-order chi connectivity index (χ0) is 18.4. The molecule has 0 atom stereocenters. The van der Waals surface area contributed by atoms with Gasteiger partial charge in [-0.25, -0.2) is 9.97 Å². The summed E-state index contributed by atoms with van der Waals surface area (Å²) in [5, 5.41) is 0.306. The third-order valence-corrected chi connectivity index (χ3v) is 3.49. The lowest BCUT2D eigenvalue weighted by molar-refractivity contribution is 0.0962. The Bertz CT molecular complexity index is 748. The molecule has 7 nitrogen and oxygen atoms in total. The molecule has 0 saturated carbocycles. The largest absolute Gasteiger partial charge is 0.493 e. The van der Waals surface area contributed by atoms with Crippen LogP contribution in [-0.2, 0) is 0 Å². The van der Waals surface area contributed by atoms with Crippen LogP contribution in [0.5, 0.6) is 11.5 Å². The van der Waals surface area contributed by atoms with Crippen LogP contribution in [0.4, 0.5) is 5.95 Å². The molecule has 0 bridgehead atoms. The molecule has 0 aliphatic heterocycles. The van der Waals surface area contributed by atoms with E-state index in [0.29, 0.717) is 34.6 Å². The topological polar surface area (TPSA) is 85.4 Å². The molecule has 8 heteroatoms. The van der Waals surface area contributed by atoms with Crippen molar-refractivity contribution in [2.45, 2.75) is 27.2 Å². The van der Waals surface area contributed by atoms with Crippen molar-refractivity contribution in [1.29, 1.82) is 0 Å². The summed E-state index contributed by atoms with van der Waals surface area (Å²) >= 11 is 6.22. The number of benzene rings is 1. The Kier molecular flexibility index (Phi) is 6.41. The van der Waals surface area contributed by atoms with Gasteiger partial charge in [0.25, 0.3) is 5.91 Å². The number of methoxy groups -OCH3 is 1. The average Bonchev–Trinajstić information content (AvgIpc) is 2.57. The number of ether oxygens (including phenoxy) is 2. The lowest BCUT2D eigenvalue weighted by atomic mass is 10.2. The van der Waals surface area contributed by atoms with Gasteiger partial charge < -0.3 is 9.47 Å². The number of aromatic nitrogens is 2. The predicted octanol–water partition coefficient (Wildman–Crippen LogP) is 3.30. The number of hydrogen-bond acceptors (Lipinski definition) is 6. The first-order chi connectivity index (χ1) is 11.9. The van der Waals surface area contributed by atoms with Crippen molar-refractivity contribution in [2.75, 3.05) is 19.1 Å². The monoisotopic (exact) mass is 364 g/mol. The van der Waals surface area contributed by atoms with E-state index in [4.69, 9.17) is 21.1 Å². The second-order valence-corrected chi connectivity index (χ2v) is 5.80. The zero-order valence-corrected chi connectivity index (χ0v) is 15.4. The molecule has 1 heterocycles. The standard InChI is InChI=1S/C17H21ClN4O3/c1-5-6-25-15-13(18)8-12(9-14(15)24-4)16(23)21-22-17-19-10(2)7-11(3)20-17/h7-9H,5-6H2,1-4H3,(H,21,23)(H,19,20,22). The summed E-state index contributed by atoms with van der Waals surface area (Å²) in [7, 11) is 1.49. The highest BCUT2D eigenvalue weighted by atomic mass is 35.5. The highest BCUT2D eigenvalue weighted by Crippen LogP contribution is 2.36. The number of rotatable bonds is 7. The summed E-state index contributed by atoms with van der Waals surface area (Å²) in [4.78, 5) is 20.7. The Labute approximate surface area is 151 Å². The number of anilines is 1. The molecule has 0 radical (unpaired) electrons. The molecule has 0 spiro atoms. The smallest absolute Gasteiger partial charge is 0.269 e. The third-order valence-electron chi connectivity index (χ3n) is 3.21. The maximum atomic E-state index is 12.3. The first-order valence-corrected chi connectivity index (χ1v) is 8.21. The maximum absolute atomic E-state index is 12.3. The van der Waals surface area contributed by atoms with Crippen LogP contribution in [0.25, 0.3) is 0 Å². The molecule has 2 N–H and O–H groups in total. The fraction of sp³-hybridized carbons (Fsp3) is 0.353. The van der Waals surface area contributed by atoms with Gasteiger partial charge in [-0.15, -0.1) is 0 Å². The first-order valence-electron chi connectivity index (χ1n) is 7.83. The van der Waals surface area contributed by atoms with E-state index >= 15 is 0 Å². The van der Waals surface area contributed by atoms with E-state index in [-0.39, 0.29) is 0 Å². The van der Waals surface area contributed by atoms with Gasteiger partial charge in [0, 0.05) is 17.0 Å². The Hall–Kier alpha value is -2.54. The third kappa shape index (κ3) is 4.96. The molecule has 2 aromatic rings. The molecule has 1 aromatic heterocycles. The summed E-state index contributed by atoms with van der Waals surface area (Å²) in [6.45, 7) is 6.19. The molecule has 25 heavy (non-hydrogen) atoms. The average molecular weight is 365 g/mol. The minimum Gasteiger partial charge on any atom is -0.493 e. The number of carbonyl (C=O) groups is 1. The number of hydrogen-bond donors (Lipinski definition) is 2. The van der Waals surface area contributed by atoms with Crippen LogP contribution in [0.3, 0.4) is 0 Å². The second kappa shape index (κ2) is 8.53. The zero-order valence-electron chi connectivity index (χ0n) is 14.6. The Morgan fingerprint density at radius 1 is 1.20 bits per heavy atom. The Morgan fingerprint density at radius 3 is 2.48 bits per heavy atom. The minimum absolute atomic E-state index is 0.306. The highest BCUT2D eigenvalue weighted by molar-refractivity contribution is 6.32. The quantitative estimate of drug-likeness (QED) is 0.733. The molecule has 0 aliphatic carbocycles. The number of nitrogens with zero attached hydrogens (tertiary/aromatic N) is 2. The fourth-order valence-corrected chi connectivity index (χ4v) is 2.43. The summed E-state index contributed by atoms with van der Waals surface area (Å²) in [6.07, 6.45) is 0.835. The van der Waals surface area contributed by atoms with Crippen LogP contribution in [0.2, 0.25) is 5.02 Å². The molecule has 2 rings (SSSR count). The molecule has 0 unspecified atom stereocenters. The number of halogens is 1. The van der Waals surface area contributed by atoms with Gasteiger partial charge in [0.2, 0.25) is 5.95 Å². The van der Waals surface area contributed by atoms with Gasteiger partial charge in [-0.3, -0.25) is 15.6 Å². The fourth-order valence-electron chi connectivity index (χ4n) is 2.16. The van der Waals surface area contributed by atoms with E-state index in [0.717, 1.165) is 17.8 Å². The first kappa shape index (κ1) is 18.8. The summed E-state index contributed by atoms with van der Waals surface area (Å²) in [5.41, 5.74) is 7.15. The highest BCUT2D eigenvalue weighted by Gasteiger charge is 2.16. The normalized spacial score (nSPS) is 10.3. The number of aryl methyl sites for hydroxylation is 2. The van der Waals surface area contributed by atoms with Gasteiger partial charge in [0.15, 0.2) is 11.5 Å². The number of nitrogens with one attached hydrogen (secondary N) is 2. The van der Waals surface area contributed by atoms with Gasteiger partial charge in [-0.05, 0) is 38.5 Å². The molecular formula is C17H21ClN4O3. The number of amides is 1. The minimum atomic E-state index is -0.398. The summed E-state index contributed by atoms with van der Waals surface area (Å²) in [6, 6.07) is 4.93. The Morgan fingerprint density at radius 2 is 1.88 bits per heavy atom. The van der Waals surface area contributed by atoms with Gasteiger partial charge in [-0.1, -0.05) is 18.5 Å². The maximum Gasteiger partial charge on any atom is 0.269 e. The van der Waals surface area contributed by atoms with Crippen LogP contribution in [0.1, 0.15) is 35.1 Å². The molecule has 0 aliphatic rings. The van der Waals surface area contributed by atoms with E-state index in [1.165, 1.54) is 13.2 Å². The second-order valence-electron chi connectivity index (χ2n) is 5.39. The van der Waals surface area contributed by atoms with Crippen LogP contribution in [0, 0.1) is 13.8 Å².